The molecule has 1 N–H and O–H groups in total. The van der Waals surface area contributed by atoms with Crippen LogP contribution in [0.15, 0.2) is 0 Å². The Hall–Kier alpha value is -0.120. The van der Waals surface area contributed by atoms with E-state index in [-0.39, 0.29) is 0 Å². The summed E-state index contributed by atoms with van der Waals surface area (Å²) in [4.78, 5) is 0. The lowest BCUT2D eigenvalue weighted by Gasteiger charge is -2.37. The lowest BCUT2D eigenvalue weighted by molar-refractivity contribution is -0.0147. The first-order valence-electron chi connectivity index (χ1n) is 5.79. The zero-order valence-electron chi connectivity index (χ0n) is 9.16. The van der Waals surface area contributed by atoms with E-state index in [1.165, 1.54) is 12.8 Å². The van der Waals surface area contributed by atoms with Crippen LogP contribution in [-0.4, -0.2) is 37.5 Å². The van der Waals surface area contributed by atoms with E-state index >= 15 is 0 Å². The summed E-state index contributed by atoms with van der Waals surface area (Å²) in [5, 5.41) is 3.65. The van der Waals surface area contributed by atoms with Crippen molar-refractivity contribution in [3.8, 4) is 0 Å². The zero-order chi connectivity index (χ0) is 9.97. The zero-order valence-corrected chi connectivity index (χ0v) is 9.16. The van der Waals surface area contributed by atoms with Crippen LogP contribution in [0.2, 0.25) is 0 Å². The molecule has 0 aromatic rings. The minimum absolute atomic E-state index is 0.390. The van der Waals surface area contributed by atoms with Gasteiger partial charge < -0.3 is 14.8 Å². The molecule has 0 amide bonds. The average Bonchev–Trinajstić information content (AvgIpc) is 2.48. The molecule has 2 unspecified atom stereocenters. The second-order valence-corrected chi connectivity index (χ2v) is 4.38. The van der Waals surface area contributed by atoms with Crippen LogP contribution in [0.5, 0.6) is 0 Å². The van der Waals surface area contributed by atoms with Gasteiger partial charge >= 0.3 is 0 Å². The molecule has 3 heteroatoms. The summed E-state index contributed by atoms with van der Waals surface area (Å²) >= 11 is 0. The van der Waals surface area contributed by atoms with Gasteiger partial charge in [-0.15, -0.1) is 0 Å². The normalized spacial score (nSPS) is 42.4. The third kappa shape index (κ3) is 2.27. The molecule has 0 bridgehead atoms. The second-order valence-electron chi connectivity index (χ2n) is 4.38. The van der Waals surface area contributed by atoms with Crippen LogP contribution in [0.3, 0.4) is 0 Å². The van der Waals surface area contributed by atoms with E-state index in [1.54, 1.807) is 0 Å². The van der Waals surface area contributed by atoms with Crippen molar-refractivity contribution >= 4 is 0 Å². The quantitative estimate of drug-likeness (QED) is 0.740. The van der Waals surface area contributed by atoms with Crippen LogP contribution < -0.4 is 5.32 Å². The van der Waals surface area contributed by atoms with Crippen LogP contribution in [0.1, 0.15) is 33.1 Å². The highest BCUT2D eigenvalue weighted by molar-refractivity contribution is 4.91. The van der Waals surface area contributed by atoms with Gasteiger partial charge in [-0.3, -0.25) is 0 Å². The van der Waals surface area contributed by atoms with Crippen molar-refractivity contribution in [2.45, 2.75) is 57.4 Å². The third-order valence-electron chi connectivity index (χ3n) is 3.32. The van der Waals surface area contributed by atoms with Gasteiger partial charge in [0.25, 0.3) is 0 Å². The topological polar surface area (TPSA) is 30.5 Å². The highest BCUT2D eigenvalue weighted by atomic mass is 16.5. The standard InChI is InChI=1S/C11H21NO2/c1-3-13-10-6-9(7-10)12-11-4-5-14-8(11)2/h8-12H,3-7H2,1-2H3. The molecule has 0 aromatic carbocycles. The van der Waals surface area contributed by atoms with Crippen LogP contribution in [0.4, 0.5) is 0 Å². The van der Waals surface area contributed by atoms with Gasteiger partial charge in [0.2, 0.25) is 0 Å². The first-order chi connectivity index (χ1) is 6.79. The Labute approximate surface area is 86.2 Å². The Balaban J connectivity index is 1.63. The first-order valence-corrected chi connectivity index (χ1v) is 5.79. The molecule has 2 rings (SSSR count). The van der Waals surface area contributed by atoms with Gasteiger partial charge in [-0.05, 0) is 33.1 Å². The number of hydrogen-bond acceptors (Lipinski definition) is 3. The summed E-state index contributed by atoms with van der Waals surface area (Å²) in [5.74, 6) is 0. The SMILES string of the molecule is CCOC1CC(NC2CCOC2C)C1. The van der Waals surface area contributed by atoms with E-state index in [0.717, 1.165) is 19.6 Å². The summed E-state index contributed by atoms with van der Waals surface area (Å²) in [7, 11) is 0. The van der Waals surface area contributed by atoms with Crippen molar-refractivity contribution in [2.24, 2.45) is 0 Å². The van der Waals surface area contributed by atoms with Gasteiger partial charge in [0.15, 0.2) is 0 Å². The van der Waals surface area contributed by atoms with Gasteiger partial charge in [-0.1, -0.05) is 0 Å². The largest absolute Gasteiger partial charge is 0.378 e. The first kappa shape index (κ1) is 10.4. The number of rotatable bonds is 4. The molecule has 1 aliphatic carbocycles. The molecule has 1 aliphatic heterocycles. The fraction of sp³-hybridized carbons (Fsp3) is 1.00. The summed E-state index contributed by atoms with van der Waals surface area (Å²) < 4.78 is 11.0. The molecule has 1 saturated carbocycles. The fourth-order valence-corrected chi connectivity index (χ4v) is 2.33. The maximum Gasteiger partial charge on any atom is 0.0700 e. The third-order valence-corrected chi connectivity index (χ3v) is 3.32. The lowest BCUT2D eigenvalue weighted by Crippen LogP contribution is -2.51. The molecule has 0 spiro atoms. The van der Waals surface area contributed by atoms with Crippen molar-refractivity contribution < 1.29 is 9.47 Å². The Morgan fingerprint density at radius 2 is 2.21 bits per heavy atom. The second kappa shape index (κ2) is 4.60. The van der Waals surface area contributed by atoms with Crippen molar-refractivity contribution in [3.63, 3.8) is 0 Å². The molecule has 0 radical (unpaired) electrons. The van der Waals surface area contributed by atoms with Crippen LogP contribution in [-0.2, 0) is 9.47 Å². The Bertz CT molecular complexity index is 180. The molecular formula is C11H21NO2. The highest BCUT2D eigenvalue weighted by Gasteiger charge is 2.33. The van der Waals surface area contributed by atoms with Gasteiger partial charge in [-0.2, -0.15) is 0 Å². The predicted molar refractivity (Wildman–Crippen MR) is 55.4 cm³/mol. The molecule has 2 fully saturated rings. The molecule has 14 heavy (non-hydrogen) atoms. The summed E-state index contributed by atoms with van der Waals surface area (Å²) in [6, 6.07) is 1.24. The average molecular weight is 199 g/mol. The van der Waals surface area contributed by atoms with Crippen molar-refractivity contribution in [1.82, 2.24) is 5.32 Å². The summed E-state index contributed by atoms with van der Waals surface area (Å²) in [6.45, 7) is 5.98. The van der Waals surface area contributed by atoms with E-state index in [9.17, 15) is 0 Å². The Kier molecular flexibility index (Phi) is 3.42. The van der Waals surface area contributed by atoms with Gasteiger partial charge in [0, 0.05) is 25.3 Å². The molecular weight excluding hydrogens is 178 g/mol. The Morgan fingerprint density at radius 1 is 1.43 bits per heavy atom. The Morgan fingerprint density at radius 3 is 2.79 bits per heavy atom. The van der Waals surface area contributed by atoms with Gasteiger partial charge in [0.1, 0.15) is 0 Å². The maximum absolute atomic E-state index is 5.53. The lowest BCUT2D eigenvalue weighted by atomic mass is 9.88. The van der Waals surface area contributed by atoms with E-state index in [0.29, 0.717) is 24.3 Å². The maximum atomic E-state index is 5.53. The summed E-state index contributed by atoms with van der Waals surface area (Å²) in [5.41, 5.74) is 0. The minimum atomic E-state index is 0.390. The van der Waals surface area contributed by atoms with Crippen LogP contribution in [0.25, 0.3) is 0 Å². The smallest absolute Gasteiger partial charge is 0.0700 e. The van der Waals surface area contributed by atoms with Crippen molar-refractivity contribution in [1.29, 1.82) is 0 Å². The van der Waals surface area contributed by atoms with Crippen molar-refractivity contribution in [2.75, 3.05) is 13.2 Å². The van der Waals surface area contributed by atoms with E-state index in [4.69, 9.17) is 9.47 Å². The van der Waals surface area contributed by atoms with Crippen LogP contribution in [0, 0.1) is 0 Å². The molecule has 1 heterocycles. The summed E-state index contributed by atoms with van der Waals surface area (Å²) in [6.07, 6.45) is 4.42. The molecule has 1 saturated heterocycles. The minimum Gasteiger partial charge on any atom is -0.378 e. The van der Waals surface area contributed by atoms with Gasteiger partial charge in [-0.25, -0.2) is 0 Å². The van der Waals surface area contributed by atoms with E-state index in [2.05, 4.69) is 19.2 Å². The molecule has 3 nitrogen and oxygen atoms in total. The number of ether oxygens (including phenoxy) is 2. The monoisotopic (exact) mass is 199 g/mol. The van der Waals surface area contributed by atoms with E-state index in [1.807, 2.05) is 0 Å². The molecule has 2 atom stereocenters. The fourth-order valence-electron chi connectivity index (χ4n) is 2.33. The predicted octanol–water partition coefficient (Wildman–Crippen LogP) is 1.32. The molecule has 2 aliphatic rings. The molecule has 0 aromatic heterocycles. The molecule has 82 valence electrons. The van der Waals surface area contributed by atoms with E-state index < -0.39 is 0 Å². The van der Waals surface area contributed by atoms with Crippen LogP contribution >= 0.6 is 0 Å². The van der Waals surface area contributed by atoms with Gasteiger partial charge in [0.05, 0.1) is 12.2 Å². The van der Waals surface area contributed by atoms with Crippen molar-refractivity contribution in [3.05, 3.63) is 0 Å². The number of hydrogen-bond donors (Lipinski definition) is 1. The number of nitrogens with one attached hydrogen (secondary N) is 1. The highest BCUT2D eigenvalue weighted by Crippen LogP contribution is 2.25.